The number of carbonyl (C=O) groups excluding carboxylic acids is 2. The van der Waals surface area contributed by atoms with Gasteiger partial charge in [-0.3, -0.25) is 14.9 Å². The summed E-state index contributed by atoms with van der Waals surface area (Å²) in [5, 5.41) is 5.71. The topological polar surface area (TPSA) is 67.4 Å². The maximum atomic E-state index is 11.6. The smallest absolute Gasteiger partial charge is 0.322 e. The standard InChI is InChI=1S/C12H24N2O3/c1-6-12(4,5)14-10(15)8-13-9(3)11(16)17-7-2/h9,13H,6-8H2,1-5H3,(H,14,15). The van der Waals surface area contributed by atoms with Crippen molar-refractivity contribution in [3.63, 3.8) is 0 Å². The highest BCUT2D eigenvalue weighted by Crippen LogP contribution is 2.05. The van der Waals surface area contributed by atoms with Crippen LogP contribution in [-0.2, 0) is 14.3 Å². The van der Waals surface area contributed by atoms with Crippen LogP contribution in [0.3, 0.4) is 0 Å². The molecule has 5 nitrogen and oxygen atoms in total. The van der Waals surface area contributed by atoms with E-state index in [4.69, 9.17) is 4.74 Å². The summed E-state index contributed by atoms with van der Waals surface area (Å²) >= 11 is 0. The largest absolute Gasteiger partial charge is 0.465 e. The molecule has 0 aromatic carbocycles. The highest BCUT2D eigenvalue weighted by molar-refractivity contribution is 5.80. The SMILES string of the molecule is CCOC(=O)C(C)NCC(=O)NC(C)(C)CC. The molecule has 2 N–H and O–H groups in total. The Morgan fingerprint density at radius 3 is 2.35 bits per heavy atom. The number of hydrogen-bond donors (Lipinski definition) is 2. The number of nitrogens with one attached hydrogen (secondary N) is 2. The van der Waals surface area contributed by atoms with Crippen LogP contribution in [-0.4, -0.2) is 36.6 Å². The van der Waals surface area contributed by atoms with Crippen LogP contribution in [0.4, 0.5) is 0 Å². The maximum Gasteiger partial charge on any atom is 0.322 e. The van der Waals surface area contributed by atoms with Crippen LogP contribution in [0.15, 0.2) is 0 Å². The zero-order valence-corrected chi connectivity index (χ0v) is 11.4. The van der Waals surface area contributed by atoms with Crippen molar-refractivity contribution in [2.45, 2.75) is 52.6 Å². The van der Waals surface area contributed by atoms with Gasteiger partial charge in [-0.15, -0.1) is 0 Å². The fourth-order valence-corrected chi connectivity index (χ4v) is 1.11. The molecule has 1 amide bonds. The molecule has 100 valence electrons. The summed E-state index contributed by atoms with van der Waals surface area (Å²) in [5.41, 5.74) is -0.216. The lowest BCUT2D eigenvalue weighted by Crippen LogP contribution is -2.48. The second-order valence-corrected chi connectivity index (χ2v) is 4.64. The van der Waals surface area contributed by atoms with E-state index in [-0.39, 0.29) is 24.0 Å². The van der Waals surface area contributed by atoms with Crippen LogP contribution >= 0.6 is 0 Å². The van der Waals surface area contributed by atoms with Crippen LogP contribution in [0.25, 0.3) is 0 Å². The van der Waals surface area contributed by atoms with E-state index < -0.39 is 6.04 Å². The van der Waals surface area contributed by atoms with Crippen molar-refractivity contribution in [2.75, 3.05) is 13.2 Å². The van der Waals surface area contributed by atoms with Gasteiger partial charge in [0.1, 0.15) is 6.04 Å². The van der Waals surface area contributed by atoms with Crippen molar-refractivity contribution in [3.05, 3.63) is 0 Å². The van der Waals surface area contributed by atoms with Crippen molar-refractivity contribution in [3.8, 4) is 0 Å². The average Bonchev–Trinajstić information content (AvgIpc) is 2.25. The fraction of sp³-hybridized carbons (Fsp3) is 0.833. The van der Waals surface area contributed by atoms with Gasteiger partial charge in [0.15, 0.2) is 0 Å². The van der Waals surface area contributed by atoms with E-state index in [1.165, 1.54) is 0 Å². The Morgan fingerprint density at radius 1 is 1.29 bits per heavy atom. The Balaban J connectivity index is 3.96. The van der Waals surface area contributed by atoms with E-state index in [1.54, 1.807) is 13.8 Å². The number of rotatable bonds is 7. The van der Waals surface area contributed by atoms with Gasteiger partial charge in [0.05, 0.1) is 13.2 Å². The molecule has 0 aliphatic heterocycles. The molecule has 0 aliphatic carbocycles. The lowest BCUT2D eigenvalue weighted by Gasteiger charge is -2.24. The first kappa shape index (κ1) is 15.9. The summed E-state index contributed by atoms with van der Waals surface area (Å²) in [7, 11) is 0. The number of carbonyl (C=O) groups is 2. The predicted octanol–water partition coefficient (Wildman–Crippen LogP) is 0.832. The molecule has 1 atom stereocenters. The Bertz CT molecular complexity index is 264. The highest BCUT2D eigenvalue weighted by atomic mass is 16.5. The lowest BCUT2D eigenvalue weighted by molar-refractivity contribution is -0.145. The number of amides is 1. The van der Waals surface area contributed by atoms with Crippen LogP contribution in [0.5, 0.6) is 0 Å². The fourth-order valence-electron chi connectivity index (χ4n) is 1.11. The summed E-state index contributed by atoms with van der Waals surface area (Å²) in [5.74, 6) is -0.456. The molecular weight excluding hydrogens is 220 g/mol. The normalized spacial score (nSPS) is 13.0. The molecule has 0 rings (SSSR count). The van der Waals surface area contributed by atoms with Crippen molar-refractivity contribution >= 4 is 11.9 Å². The first-order valence-corrected chi connectivity index (χ1v) is 6.03. The molecule has 0 aromatic heterocycles. The van der Waals surface area contributed by atoms with Crippen LogP contribution in [0.2, 0.25) is 0 Å². The molecule has 17 heavy (non-hydrogen) atoms. The molecule has 0 heterocycles. The van der Waals surface area contributed by atoms with E-state index in [0.717, 1.165) is 6.42 Å². The highest BCUT2D eigenvalue weighted by Gasteiger charge is 2.19. The molecule has 0 aromatic rings. The van der Waals surface area contributed by atoms with Gasteiger partial charge >= 0.3 is 5.97 Å². The lowest BCUT2D eigenvalue weighted by atomic mass is 10.0. The third kappa shape index (κ3) is 6.94. The Morgan fingerprint density at radius 2 is 1.88 bits per heavy atom. The molecule has 0 fully saturated rings. The molecule has 0 saturated carbocycles. The predicted molar refractivity (Wildman–Crippen MR) is 66.6 cm³/mol. The van der Waals surface area contributed by atoms with Gasteiger partial charge in [-0.1, -0.05) is 6.92 Å². The summed E-state index contributed by atoms with van der Waals surface area (Å²) in [6, 6.07) is -0.467. The second-order valence-electron chi connectivity index (χ2n) is 4.64. The van der Waals surface area contributed by atoms with E-state index >= 15 is 0 Å². The van der Waals surface area contributed by atoms with Gasteiger partial charge in [0, 0.05) is 5.54 Å². The summed E-state index contributed by atoms with van der Waals surface area (Å²) in [6.07, 6.45) is 0.853. The summed E-state index contributed by atoms with van der Waals surface area (Å²) in [6.45, 7) is 9.81. The minimum absolute atomic E-state index is 0.114. The molecule has 0 radical (unpaired) electrons. The van der Waals surface area contributed by atoms with Gasteiger partial charge in [-0.05, 0) is 34.1 Å². The van der Waals surface area contributed by atoms with Crippen molar-refractivity contribution in [1.82, 2.24) is 10.6 Å². The molecule has 0 bridgehead atoms. The zero-order valence-electron chi connectivity index (χ0n) is 11.4. The van der Waals surface area contributed by atoms with Crippen LogP contribution in [0.1, 0.15) is 41.0 Å². The number of hydrogen-bond acceptors (Lipinski definition) is 4. The van der Waals surface area contributed by atoms with Crippen molar-refractivity contribution in [2.24, 2.45) is 0 Å². The van der Waals surface area contributed by atoms with Crippen molar-refractivity contribution in [1.29, 1.82) is 0 Å². The van der Waals surface area contributed by atoms with Gasteiger partial charge < -0.3 is 10.1 Å². The molecule has 0 aliphatic rings. The summed E-state index contributed by atoms with van der Waals surface area (Å²) in [4.78, 5) is 22.9. The molecular formula is C12H24N2O3. The Hall–Kier alpha value is -1.10. The maximum absolute atomic E-state index is 11.6. The minimum atomic E-state index is -0.467. The monoisotopic (exact) mass is 244 g/mol. The van der Waals surface area contributed by atoms with Crippen LogP contribution in [0, 0.1) is 0 Å². The van der Waals surface area contributed by atoms with Gasteiger partial charge in [0.25, 0.3) is 0 Å². The zero-order chi connectivity index (χ0) is 13.5. The third-order valence-electron chi connectivity index (χ3n) is 2.57. The van der Waals surface area contributed by atoms with E-state index in [0.29, 0.717) is 6.61 Å². The molecule has 0 saturated heterocycles. The van der Waals surface area contributed by atoms with E-state index in [2.05, 4.69) is 10.6 Å². The van der Waals surface area contributed by atoms with Crippen molar-refractivity contribution < 1.29 is 14.3 Å². The number of ether oxygens (including phenoxy) is 1. The van der Waals surface area contributed by atoms with Gasteiger partial charge in [-0.25, -0.2) is 0 Å². The third-order valence-corrected chi connectivity index (χ3v) is 2.57. The molecule has 1 unspecified atom stereocenters. The Kier molecular flexibility index (Phi) is 6.80. The quantitative estimate of drug-likeness (QED) is 0.651. The Labute approximate surface area is 103 Å². The van der Waals surface area contributed by atoms with Gasteiger partial charge in [-0.2, -0.15) is 0 Å². The minimum Gasteiger partial charge on any atom is -0.465 e. The van der Waals surface area contributed by atoms with E-state index in [1.807, 2.05) is 20.8 Å². The first-order chi connectivity index (χ1) is 7.82. The number of esters is 1. The second kappa shape index (κ2) is 7.27. The average molecular weight is 244 g/mol. The van der Waals surface area contributed by atoms with Crippen LogP contribution < -0.4 is 10.6 Å². The molecule has 5 heteroatoms. The summed E-state index contributed by atoms with van der Waals surface area (Å²) < 4.78 is 4.82. The molecule has 0 spiro atoms. The van der Waals surface area contributed by atoms with E-state index in [9.17, 15) is 9.59 Å². The first-order valence-electron chi connectivity index (χ1n) is 6.03. The van der Waals surface area contributed by atoms with Gasteiger partial charge in [0.2, 0.25) is 5.91 Å².